The van der Waals surface area contributed by atoms with Crippen molar-refractivity contribution in [1.82, 2.24) is 4.72 Å². The van der Waals surface area contributed by atoms with Gasteiger partial charge in [-0.15, -0.1) is 0 Å². The molecule has 5 nitrogen and oxygen atoms in total. The lowest BCUT2D eigenvalue weighted by molar-refractivity contribution is 0.200. The fourth-order valence-electron chi connectivity index (χ4n) is 3.17. The van der Waals surface area contributed by atoms with Crippen molar-refractivity contribution in [3.8, 4) is 11.5 Å². The molecule has 0 saturated heterocycles. The monoisotopic (exact) mass is 325 g/mol. The van der Waals surface area contributed by atoms with Crippen LogP contribution in [-0.4, -0.2) is 33.9 Å². The molecule has 0 amide bonds. The topological polar surface area (TPSA) is 64.6 Å². The summed E-state index contributed by atoms with van der Waals surface area (Å²) < 4.78 is 36.7. The third kappa shape index (κ3) is 3.73. The third-order valence-electron chi connectivity index (χ3n) is 4.37. The number of sulfonamides is 1. The first-order valence-electron chi connectivity index (χ1n) is 7.78. The highest BCUT2D eigenvalue weighted by Crippen LogP contribution is 2.44. The highest BCUT2D eigenvalue weighted by Gasteiger charge is 2.40. The summed E-state index contributed by atoms with van der Waals surface area (Å²) in [5.74, 6) is 1.74. The third-order valence-corrected chi connectivity index (χ3v) is 5.10. The van der Waals surface area contributed by atoms with Crippen LogP contribution in [0.1, 0.15) is 43.6 Å². The molecule has 0 radical (unpaired) electrons. The number of ether oxygens (including phenoxy) is 2. The molecular weight excluding hydrogens is 302 g/mol. The van der Waals surface area contributed by atoms with Crippen LogP contribution in [0.15, 0.2) is 18.2 Å². The molecule has 2 atom stereocenters. The molecule has 2 aliphatic carbocycles. The maximum Gasteiger partial charge on any atom is 0.208 e. The van der Waals surface area contributed by atoms with E-state index in [0.29, 0.717) is 0 Å². The second kappa shape index (κ2) is 6.08. The molecule has 22 heavy (non-hydrogen) atoms. The quantitative estimate of drug-likeness (QED) is 0.872. The Morgan fingerprint density at radius 3 is 2.55 bits per heavy atom. The molecule has 6 heteroatoms. The summed E-state index contributed by atoms with van der Waals surface area (Å²) in [6, 6.07) is 5.92. The van der Waals surface area contributed by atoms with Gasteiger partial charge >= 0.3 is 0 Å². The molecule has 0 aliphatic heterocycles. The predicted molar refractivity (Wildman–Crippen MR) is 85.0 cm³/mol. The first-order chi connectivity index (χ1) is 10.5. The zero-order chi connectivity index (χ0) is 15.7. The predicted octanol–water partition coefficient (Wildman–Crippen LogP) is 2.42. The van der Waals surface area contributed by atoms with Gasteiger partial charge < -0.3 is 9.47 Å². The first-order valence-corrected chi connectivity index (χ1v) is 9.67. The van der Waals surface area contributed by atoms with Gasteiger partial charge in [0.25, 0.3) is 0 Å². The summed E-state index contributed by atoms with van der Waals surface area (Å²) in [4.78, 5) is 0. The Bertz CT molecular complexity index is 638. The second-order valence-electron chi connectivity index (χ2n) is 6.27. The Balaban J connectivity index is 1.73. The molecule has 2 fully saturated rings. The van der Waals surface area contributed by atoms with Crippen LogP contribution in [0, 0.1) is 0 Å². The van der Waals surface area contributed by atoms with Crippen LogP contribution in [0.4, 0.5) is 0 Å². The molecule has 3 rings (SSSR count). The van der Waals surface area contributed by atoms with Crippen LogP contribution in [0.2, 0.25) is 0 Å². The van der Waals surface area contributed by atoms with Crippen molar-refractivity contribution < 1.29 is 17.9 Å². The minimum absolute atomic E-state index is 0.00252. The van der Waals surface area contributed by atoms with Crippen molar-refractivity contribution >= 4 is 10.0 Å². The van der Waals surface area contributed by atoms with Crippen molar-refractivity contribution in [3.05, 3.63) is 23.8 Å². The standard InChI is InChI=1S/C16H23NO4S/c1-20-15-8-7-11(13-10-14(13)17-22(2,18)19)9-16(15)21-12-5-3-4-6-12/h7-9,12-14,17H,3-6,10H2,1-2H3. The molecule has 2 aliphatic rings. The van der Waals surface area contributed by atoms with Gasteiger partial charge in [0, 0.05) is 12.0 Å². The fraction of sp³-hybridized carbons (Fsp3) is 0.625. The van der Waals surface area contributed by atoms with Crippen LogP contribution in [0.25, 0.3) is 0 Å². The van der Waals surface area contributed by atoms with Crippen LogP contribution < -0.4 is 14.2 Å². The SMILES string of the molecule is COc1ccc(C2CC2NS(C)(=O)=O)cc1OC1CCCC1. The van der Waals surface area contributed by atoms with Gasteiger partial charge in [-0.25, -0.2) is 13.1 Å². The number of rotatable bonds is 6. The highest BCUT2D eigenvalue weighted by atomic mass is 32.2. The highest BCUT2D eigenvalue weighted by molar-refractivity contribution is 7.88. The van der Waals surface area contributed by atoms with E-state index in [1.54, 1.807) is 7.11 Å². The Labute approximate surface area is 132 Å². The minimum Gasteiger partial charge on any atom is -0.493 e. The molecular formula is C16H23NO4S. The summed E-state index contributed by atoms with van der Waals surface area (Å²) in [7, 11) is -1.51. The normalized spacial score (nSPS) is 25.2. The number of nitrogens with one attached hydrogen (secondary N) is 1. The Kier molecular flexibility index (Phi) is 4.32. The summed E-state index contributed by atoms with van der Waals surface area (Å²) in [6.45, 7) is 0. The fourth-order valence-corrected chi connectivity index (χ4v) is 3.98. The van der Waals surface area contributed by atoms with Gasteiger partial charge in [-0.1, -0.05) is 6.07 Å². The molecule has 1 aromatic carbocycles. The molecule has 1 N–H and O–H groups in total. The lowest BCUT2D eigenvalue weighted by Gasteiger charge is -2.17. The van der Waals surface area contributed by atoms with Crippen molar-refractivity contribution in [3.63, 3.8) is 0 Å². The van der Waals surface area contributed by atoms with E-state index in [4.69, 9.17) is 9.47 Å². The van der Waals surface area contributed by atoms with Gasteiger partial charge in [0.2, 0.25) is 10.0 Å². The van der Waals surface area contributed by atoms with Crippen molar-refractivity contribution in [1.29, 1.82) is 0 Å². The summed E-state index contributed by atoms with van der Waals surface area (Å²) in [6.07, 6.45) is 6.93. The minimum atomic E-state index is -3.15. The number of hydrogen-bond donors (Lipinski definition) is 1. The number of hydrogen-bond acceptors (Lipinski definition) is 4. The maximum atomic E-state index is 11.3. The summed E-state index contributed by atoms with van der Waals surface area (Å²) >= 11 is 0. The average Bonchev–Trinajstić information content (AvgIpc) is 2.99. The van der Waals surface area contributed by atoms with Gasteiger partial charge in [0.1, 0.15) is 0 Å². The lowest BCUT2D eigenvalue weighted by Crippen LogP contribution is -2.25. The van der Waals surface area contributed by atoms with Crippen LogP contribution >= 0.6 is 0 Å². The van der Waals surface area contributed by atoms with Crippen LogP contribution in [-0.2, 0) is 10.0 Å². The zero-order valence-electron chi connectivity index (χ0n) is 13.0. The summed E-state index contributed by atoms with van der Waals surface area (Å²) in [5, 5.41) is 0. The van der Waals surface area contributed by atoms with Gasteiger partial charge in [0.05, 0.1) is 19.5 Å². The van der Waals surface area contributed by atoms with Crippen molar-refractivity contribution in [2.75, 3.05) is 13.4 Å². The molecule has 1 aromatic rings. The molecule has 0 bridgehead atoms. The molecule has 0 spiro atoms. The molecule has 2 saturated carbocycles. The average molecular weight is 325 g/mol. The molecule has 0 aromatic heterocycles. The number of methoxy groups -OCH3 is 1. The molecule has 2 unspecified atom stereocenters. The zero-order valence-corrected chi connectivity index (χ0v) is 13.9. The van der Waals surface area contributed by atoms with Crippen LogP contribution in [0.3, 0.4) is 0 Å². The van der Waals surface area contributed by atoms with Gasteiger partial charge in [-0.05, 0) is 49.8 Å². The van der Waals surface area contributed by atoms with Gasteiger partial charge in [-0.2, -0.15) is 0 Å². The van der Waals surface area contributed by atoms with Crippen molar-refractivity contribution in [2.45, 2.75) is 50.2 Å². The van der Waals surface area contributed by atoms with E-state index in [0.717, 1.165) is 36.3 Å². The lowest BCUT2D eigenvalue weighted by atomic mass is 10.1. The van der Waals surface area contributed by atoms with E-state index in [1.807, 2.05) is 18.2 Å². The maximum absolute atomic E-state index is 11.3. The van der Waals surface area contributed by atoms with E-state index in [1.165, 1.54) is 19.1 Å². The molecule has 122 valence electrons. The van der Waals surface area contributed by atoms with Gasteiger partial charge in [-0.3, -0.25) is 0 Å². The number of benzene rings is 1. The van der Waals surface area contributed by atoms with E-state index in [-0.39, 0.29) is 18.1 Å². The Morgan fingerprint density at radius 2 is 1.91 bits per heavy atom. The Hall–Kier alpha value is -1.27. The van der Waals surface area contributed by atoms with Gasteiger partial charge in [0.15, 0.2) is 11.5 Å². The second-order valence-corrected chi connectivity index (χ2v) is 8.05. The van der Waals surface area contributed by atoms with Crippen molar-refractivity contribution in [2.24, 2.45) is 0 Å². The van der Waals surface area contributed by atoms with E-state index in [9.17, 15) is 8.42 Å². The smallest absolute Gasteiger partial charge is 0.208 e. The van der Waals surface area contributed by atoms with E-state index in [2.05, 4.69) is 4.72 Å². The molecule has 0 heterocycles. The summed E-state index contributed by atoms with van der Waals surface area (Å²) in [5.41, 5.74) is 1.11. The first kappa shape index (κ1) is 15.6. The van der Waals surface area contributed by atoms with Crippen LogP contribution in [0.5, 0.6) is 11.5 Å². The van der Waals surface area contributed by atoms with E-state index < -0.39 is 10.0 Å². The van der Waals surface area contributed by atoms with E-state index >= 15 is 0 Å². The Morgan fingerprint density at radius 1 is 1.18 bits per heavy atom. The largest absolute Gasteiger partial charge is 0.493 e.